The fourth-order valence-electron chi connectivity index (χ4n) is 0.557. The minimum atomic E-state index is -2.79. The van der Waals surface area contributed by atoms with Gasteiger partial charge in [-0.3, -0.25) is 5.32 Å². The standard InChI is InChI=1S/C4H7F2NO/c5-4(6)3-8-2-1-7-4/h7H,1-3H2. The average Bonchev–Trinajstić information content (AvgIpc) is 1.65. The molecule has 4 heteroatoms. The molecule has 1 rings (SSSR count). The highest BCUT2D eigenvalue weighted by atomic mass is 19.3. The molecule has 0 amide bonds. The van der Waals surface area contributed by atoms with E-state index in [0.717, 1.165) is 0 Å². The monoisotopic (exact) mass is 123 g/mol. The molecule has 0 spiro atoms. The SMILES string of the molecule is FC1(F)COCCN1. The van der Waals surface area contributed by atoms with Gasteiger partial charge in [0.15, 0.2) is 0 Å². The van der Waals surface area contributed by atoms with E-state index in [-0.39, 0.29) is 6.54 Å². The van der Waals surface area contributed by atoms with Gasteiger partial charge in [-0.2, -0.15) is 8.78 Å². The highest BCUT2D eigenvalue weighted by molar-refractivity contribution is 4.65. The maximum absolute atomic E-state index is 12.0. The van der Waals surface area contributed by atoms with Gasteiger partial charge in [0, 0.05) is 6.54 Å². The van der Waals surface area contributed by atoms with Gasteiger partial charge >= 0.3 is 6.05 Å². The molecule has 0 radical (unpaired) electrons. The first-order chi connectivity index (χ1) is 3.71. The first-order valence-corrected chi connectivity index (χ1v) is 2.41. The van der Waals surface area contributed by atoms with Crippen LogP contribution in [-0.4, -0.2) is 25.8 Å². The number of hydrogen-bond acceptors (Lipinski definition) is 2. The van der Waals surface area contributed by atoms with Crippen LogP contribution in [0.25, 0.3) is 0 Å². The molecular formula is C4H7F2NO. The molecule has 0 atom stereocenters. The van der Waals surface area contributed by atoms with Crippen LogP contribution >= 0.6 is 0 Å². The van der Waals surface area contributed by atoms with Crippen LogP contribution in [0.1, 0.15) is 0 Å². The predicted molar refractivity (Wildman–Crippen MR) is 23.8 cm³/mol. The van der Waals surface area contributed by atoms with Gasteiger partial charge < -0.3 is 4.74 Å². The van der Waals surface area contributed by atoms with E-state index in [0.29, 0.717) is 6.61 Å². The number of hydrogen-bond donors (Lipinski definition) is 1. The van der Waals surface area contributed by atoms with Crippen LogP contribution in [0, 0.1) is 0 Å². The first kappa shape index (κ1) is 5.91. The largest absolute Gasteiger partial charge is 0.372 e. The topological polar surface area (TPSA) is 21.3 Å². The number of ether oxygens (including phenoxy) is 1. The molecule has 1 N–H and O–H groups in total. The third kappa shape index (κ3) is 1.38. The second kappa shape index (κ2) is 1.95. The van der Waals surface area contributed by atoms with Crippen LogP contribution in [0.5, 0.6) is 0 Å². The highest BCUT2D eigenvalue weighted by Crippen LogP contribution is 2.11. The van der Waals surface area contributed by atoms with E-state index < -0.39 is 12.7 Å². The van der Waals surface area contributed by atoms with Crippen molar-refractivity contribution < 1.29 is 13.5 Å². The minimum absolute atomic E-state index is 0.243. The number of nitrogens with one attached hydrogen (secondary N) is 1. The lowest BCUT2D eigenvalue weighted by Gasteiger charge is -2.22. The van der Waals surface area contributed by atoms with E-state index in [9.17, 15) is 8.78 Å². The summed E-state index contributed by atoms with van der Waals surface area (Å²) in [7, 11) is 0. The van der Waals surface area contributed by atoms with Crippen LogP contribution in [0.4, 0.5) is 8.78 Å². The van der Waals surface area contributed by atoms with E-state index in [1.165, 1.54) is 0 Å². The van der Waals surface area contributed by atoms with Crippen molar-refractivity contribution in [3.05, 3.63) is 0 Å². The van der Waals surface area contributed by atoms with Gasteiger partial charge in [-0.15, -0.1) is 0 Å². The fraction of sp³-hybridized carbons (Fsp3) is 1.00. The summed E-state index contributed by atoms with van der Waals surface area (Å²) in [4.78, 5) is 0. The molecule has 2 nitrogen and oxygen atoms in total. The quantitative estimate of drug-likeness (QED) is 0.464. The fourth-order valence-corrected chi connectivity index (χ4v) is 0.557. The summed E-state index contributed by atoms with van der Waals surface area (Å²) in [5.41, 5.74) is 0. The van der Waals surface area contributed by atoms with Crippen LogP contribution in [0.2, 0.25) is 0 Å². The van der Waals surface area contributed by atoms with Gasteiger partial charge in [-0.05, 0) is 0 Å². The van der Waals surface area contributed by atoms with E-state index in [1.807, 2.05) is 5.32 Å². The van der Waals surface area contributed by atoms with Crippen LogP contribution in [-0.2, 0) is 4.74 Å². The molecule has 0 aromatic carbocycles. The molecule has 1 heterocycles. The second-order valence-corrected chi connectivity index (χ2v) is 1.68. The molecule has 0 unspecified atom stereocenters. The molecular weight excluding hydrogens is 116 g/mol. The summed E-state index contributed by atoms with van der Waals surface area (Å²) in [6.45, 7) is 0.135. The molecule has 0 aliphatic carbocycles. The van der Waals surface area contributed by atoms with Crippen molar-refractivity contribution in [2.75, 3.05) is 19.8 Å². The van der Waals surface area contributed by atoms with Crippen molar-refractivity contribution in [2.24, 2.45) is 0 Å². The Hall–Kier alpha value is -0.220. The summed E-state index contributed by atoms with van der Waals surface area (Å²) < 4.78 is 28.4. The number of rotatable bonds is 0. The van der Waals surface area contributed by atoms with Crippen LogP contribution < -0.4 is 5.32 Å². The molecule has 0 saturated carbocycles. The molecule has 0 bridgehead atoms. The molecule has 48 valence electrons. The van der Waals surface area contributed by atoms with E-state index in [2.05, 4.69) is 4.74 Å². The van der Waals surface area contributed by atoms with Gasteiger partial charge in [0.05, 0.1) is 6.61 Å². The zero-order valence-electron chi connectivity index (χ0n) is 4.29. The van der Waals surface area contributed by atoms with E-state index in [1.54, 1.807) is 0 Å². The van der Waals surface area contributed by atoms with Gasteiger partial charge in [0.1, 0.15) is 6.61 Å². The highest BCUT2D eigenvalue weighted by Gasteiger charge is 2.30. The van der Waals surface area contributed by atoms with E-state index in [4.69, 9.17) is 0 Å². The third-order valence-corrected chi connectivity index (χ3v) is 0.913. The van der Waals surface area contributed by atoms with Crippen molar-refractivity contribution in [1.82, 2.24) is 5.32 Å². The molecule has 8 heavy (non-hydrogen) atoms. The van der Waals surface area contributed by atoms with Gasteiger partial charge in [-0.1, -0.05) is 0 Å². The van der Waals surface area contributed by atoms with Crippen molar-refractivity contribution in [1.29, 1.82) is 0 Å². The maximum atomic E-state index is 12.0. The lowest BCUT2D eigenvalue weighted by Crippen LogP contribution is -2.47. The Bertz CT molecular complexity index is 78.1. The summed E-state index contributed by atoms with van der Waals surface area (Å²) in [5, 5.41) is 2.00. The zero-order chi connectivity index (χ0) is 6.04. The molecule has 1 aliphatic heterocycles. The second-order valence-electron chi connectivity index (χ2n) is 1.68. The molecule has 1 fully saturated rings. The van der Waals surface area contributed by atoms with Gasteiger partial charge in [0.25, 0.3) is 0 Å². The molecule has 1 aliphatic rings. The van der Waals surface area contributed by atoms with Gasteiger partial charge in [0.2, 0.25) is 0 Å². The molecule has 0 aromatic rings. The lowest BCUT2D eigenvalue weighted by atomic mass is 10.5. The average molecular weight is 123 g/mol. The van der Waals surface area contributed by atoms with Crippen molar-refractivity contribution in [2.45, 2.75) is 6.05 Å². The van der Waals surface area contributed by atoms with E-state index >= 15 is 0 Å². The Morgan fingerprint density at radius 1 is 1.50 bits per heavy atom. The van der Waals surface area contributed by atoms with Crippen LogP contribution in [0.15, 0.2) is 0 Å². The first-order valence-electron chi connectivity index (χ1n) is 2.41. The predicted octanol–water partition coefficient (Wildman–Crippen LogP) is 0.199. The van der Waals surface area contributed by atoms with Gasteiger partial charge in [-0.25, -0.2) is 0 Å². The normalized spacial score (nSPS) is 27.8. The summed E-state index contributed by atoms with van der Waals surface area (Å²) in [5.74, 6) is 0. The third-order valence-electron chi connectivity index (χ3n) is 0.913. The Morgan fingerprint density at radius 3 is 2.50 bits per heavy atom. The number of halogens is 2. The van der Waals surface area contributed by atoms with Crippen molar-refractivity contribution in [3.8, 4) is 0 Å². The Labute approximate surface area is 45.8 Å². The Morgan fingerprint density at radius 2 is 2.25 bits per heavy atom. The van der Waals surface area contributed by atoms with Crippen molar-refractivity contribution >= 4 is 0 Å². The van der Waals surface area contributed by atoms with Crippen molar-refractivity contribution in [3.63, 3.8) is 0 Å². The minimum Gasteiger partial charge on any atom is -0.372 e. The molecule has 0 aromatic heterocycles. The smallest absolute Gasteiger partial charge is 0.325 e. The summed E-state index contributed by atoms with van der Waals surface area (Å²) in [6.07, 6.45) is 0. The Balaban J connectivity index is 2.33. The molecule has 1 saturated heterocycles. The zero-order valence-corrected chi connectivity index (χ0v) is 4.29. The van der Waals surface area contributed by atoms with Crippen LogP contribution in [0.3, 0.4) is 0 Å². The summed E-state index contributed by atoms with van der Waals surface area (Å²) >= 11 is 0. The maximum Gasteiger partial charge on any atom is 0.325 e. The summed E-state index contributed by atoms with van der Waals surface area (Å²) in [6, 6.07) is -2.79. The lowest BCUT2D eigenvalue weighted by molar-refractivity contribution is -0.129. The number of alkyl halides is 2. The Kier molecular flexibility index (Phi) is 1.44. The number of morpholine rings is 1.